The molecular weight excluding hydrogens is 488 g/mol. The smallest absolute Gasteiger partial charge is 0.321 e. The Hall–Kier alpha value is -2.77. The van der Waals surface area contributed by atoms with Crippen molar-refractivity contribution in [3.63, 3.8) is 0 Å². The van der Waals surface area contributed by atoms with Crippen LogP contribution in [0.3, 0.4) is 0 Å². The summed E-state index contributed by atoms with van der Waals surface area (Å²) >= 11 is 0. The number of aliphatic carboxylic acids is 1. The number of benzene rings is 2. The zero-order chi connectivity index (χ0) is 26.6. The maximum Gasteiger partial charge on any atom is 0.321 e. The number of fused-ring (bicyclic) bond motifs is 1. The van der Waals surface area contributed by atoms with Crippen LogP contribution in [0.25, 0.3) is 11.0 Å². The van der Waals surface area contributed by atoms with Crippen LogP contribution < -0.4 is 0 Å². The average Bonchev–Trinajstić information content (AvgIpc) is 3.72. The van der Waals surface area contributed by atoms with E-state index in [9.17, 15) is 9.90 Å². The van der Waals surface area contributed by atoms with Gasteiger partial charge in [0.1, 0.15) is 17.1 Å². The van der Waals surface area contributed by atoms with Crippen LogP contribution in [0, 0.1) is 17.8 Å². The second-order valence-electron chi connectivity index (χ2n) is 12.3. The molecule has 3 atom stereocenters. The number of carbonyl (C=O) groups is 1. The first-order valence-electron chi connectivity index (χ1n) is 15.1. The molecule has 1 aliphatic carbocycles. The summed E-state index contributed by atoms with van der Waals surface area (Å²) in [6.07, 6.45) is 10.6. The van der Waals surface area contributed by atoms with E-state index >= 15 is 0 Å². The third-order valence-electron chi connectivity index (χ3n) is 9.79. The third kappa shape index (κ3) is 6.20. The molecule has 1 N–H and O–H groups in total. The Bertz CT molecular complexity index is 1220. The van der Waals surface area contributed by atoms with Crippen LogP contribution in [0.2, 0.25) is 0 Å². The van der Waals surface area contributed by atoms with E-state index in [2.05, 4.69) is 62.6 Å². The van der Waals surface area contributed by atoms with E-state index in [1.54, 1.807) is 0 Å². The van der Waals surface area contributed by atoms with Crippen LogP contribution in [-0.4, -0.2) is 70.0 Å². The zero-order valence-electron chi connectivity index (χ0n) is 23.0. The van der Waals surface area contributed by atoms with Gasteiger partial charge in [0.2, 0.25) is 0 Å². The topological polar surface area (TPSA) is 82.7 Å². The molecule has 6 rings (SSSR count). The molecule has 0 unspecified atom stereocenters. The second kappa shape index (κ2) is 12.2. The van der Waals surface area contributed by atoms with Gasteiger partial charge in [-0.3, -0.25) is 9.69 Å². The van der Waals surface area contributed by atoms with Gasteiger partial charge in [-0.05, 0) is 103 Å². The lowest BCUT2D eigenvalue weighted by Crippen LogP contribution is -2.45. The molecule has 7 nitrogen and oxygen atoms in total. The van der Waals surface area contributed by atoms with Gasteiger partial charge in [0.05, 0.1) is 0 Å². The summed E-state index contributed by atoms with van der Waals surface area (Å²) in [4.78, 5) is 17.4. The molecule has 2 aromatic carbocycles. The molecule has 0 bridgehead atoms. The van der Waals surface area contributed by atoms with E-state index in [4.69, 9.17) is 4.63 Å². The number of rotatable bonds is 10. The van der Waals surface area contributed by atoms with Crippen molar-refractivity contribution >= 4 is 17.0 Å². The summed E-state index contributed by atoms with van der Waals surface area (Å²) in [6.45, 7) is 5.16. The molecule has 3 aromatic rings. The SMILES string of the molecule is O=C(O)[C@@H](C1CCCC1)N1C[C@H](CN2CCC(CCCc3ccc4nonc4c3)CC2)[C@@H](c2ccccc2)C1. The molecular formula is C32H42N4O3. The van der Waals surface area contributed by atoms with Crippen molar-refractivity contribution in [2.24, 2.45) is 17.8 Å². The molecule has 0 amide bonds. The molecule has 2 saturated heterocycles. The Balaban J connectivity index is 1.03. The monoisotopic (exact) mass is 530 g/mol. The minimum absolute atomic E-state index is 0.308. The van der Waals surface area contributed by atoms with E-state index in [-0.39, 0.29) is 6.04 Å². The van der Waals surface area contributed by atoms with Crippen molar-refractivity contribution in [3.8, 4) is 0 Å². The van der Waals surface area contributed by atoms with E-state index < -0.39 is 5.97 Å². The summed E-state index contributed by atoms with van der Waals surface area (Å²) in [5.41, 5.74) is 4.35. The fourth-order valence-corrected chi connectivity index (χ4v) is 7.69. The molecule has 208 valence electrons. The maximum absolute atomic E-state index is 12.4. The van der Waals surface area contributed by atoms with E-state index in [1.165, 1.54) is 49.7 Å². The Kier molecular flexibility index (Phi) is 8.26. The number of hydrogen-bond acceptors (Lipinski definition) is 6. The predicted molar refractivity (Wildman–Crippen MR) is 152 cm³/mol. The highest BCUT2D eigenvalue weighted by Crippen LogP contribution is 2.39. The summed E-state index contributed by atoms with van der Waals surface area (Å²) in [5.74, 6) is 1.37. The first kappa shape index (κ1) is 26.5. The number of hydrogen-bond donors (Lipinski definition) is 1. The van der Waals surface area contributed by atoms with Gasteiger partial charge < -0.3 is 10.0 Å². The van der Waals surface area contributed by atoms with Crippen LogP contribution in [-0.2, 0) is 11.2 Å². The zero-order valence-corrected chi connectivity index (χ0v) is 23.0. The number of nitrogens with zero attached hydrogens (tertiary/aromatic N) is 4. The van der Waals surface area contributed by atoms with Gasteiger partial charge in [0.25, 0.3) is 0 Å². The Morgan fingerprint density at radius 1 is 0.974 bits per heavy atom. The molecule has 3 heterocycles. The van der Waals surface area contributed by atoms with Crippen LogP contribution in [0.1, 0.15) is 68.4 Å². The average molecular weight is 531 g/mol. The van der Waals surface area contributed by atoms with Gasteiger partial charge in [-0.2, -0.15) is 0 Å². The number of carboxylic acids is 1. The minimum Gasteiger partial charge on any atom is -0.480 e. The van der Waals surface area contributed by atoms with Crippen molar-refractivity contribution in [1.29, 1.82) is 0 Å². The number of piperidine rings is 1. The second-order valence-corrected chi connectivity index (χ2v) is 12.3. The maximum atomic E-state index is 12.4. The summed E-state index contributed by atoms with van der Waals surface area (Å²) in [5, 5.41) is 18.1. The number of aromatic nitrogens is 2. The summed E-state index contributed by atoms with van der Waals surface area (Å²) in [6, 6.07) is 16.8. The lowest BCUT2D eigenvalue weighted by molar-refractivity contribution is -0.145. The van der Waals surface area contributed by atoms with Gasteiger partial charge in [0.15, 0.2) is 0 Å². The van der Waals surface area contributed by atoms with Crippen LogP contribution in [0.4, 0.5) is 0 Å². The summed E-state index contributed by atoms with van der Waals surface area (Å²) < 4.78 is 4.83. The minimum atomic E-state index is -0.618. The molecule has 2 aliphatic heterocycles. The van der Waals surface area contributed by atoms with Crippen molar-refractivity contribution in [3.05, 3.63) is 59.7 Å². The highest BCUT2D eigenvalue weighted by atomic mass is 16.6. The van der Waals surface area contributed by atoms with E-state index in [0.29, 0.717) is 17.8 Å². The quantitative estimate of drug-likeness (QED) is 0.364. The lowest BCUT2D eigenvalue weighted by Gasteiger charge is -2.35. The number of carboxylic acid groups (broad SMARTS) is 1. The fourth-order valence-electron chi connectivity index (χ4n) is 7.69. The summed E-state index contributed by atoms with van der Waals surface area (Å²) in [7, 11) is 0. The molecule has 1 aromatic heterocycles. The number of aryl methyl sites for hydroxylation is 1. The van der Waals surface area contributed by atoms with E-state index in [0.717, 1.165) is 68.9 Å². The van der Waals surface area contributed by atoms with Gasteiger partial charge in [-0.25, -0.2) is 4.63 Å². The molecule has 1 saturated carbocycles. The van der Waals surface area contributed by atoms with Gasteiger partial charge >= 0.3 is 5.97 Å². The molecule has 3 aliphatic rings. The Labute approximate surface area is 231 Å². The van der Waals surface area contributed by atoms with Crippen LogP contribution >= 0.6 is 0 Å². The first-order valence-corrected chi connectivity index (χ1v) is 15.1. The molecule has 7 heteroatoms. The van der Waals surface area contributed by atoms with Crippen molar-refractivity contribution < 1.29 is 14.5 Å². The van der Waals surface area contributed by atoms with Gasteiger partial charge in [-0.15, -0.1) is 0 Å². The van der Waals surface area contributed by atoms with Gasteiger partial charge in [-0.1, -0.05) is 55.7 Å². The van der Waals surface area contributed by atoms with Crippen molar-refractivity contribution in [2.45, 2.75) is 69.7 Å². The Morgan fingerprint density at radius 2 is 1.74 bits per heavy atom. The third-order valence-corrected chi connectivity index (χ3v) is 9.79. The van der Waals surface area contributed by atoms with E-state index in [1.807, 2.05) is 6.07 Å². The predicted octanol–water partition coefficient (Wildman–Crippen LogP) is 5.62. The van der Waals surface area contributed by atoms with Crippen LogP contribution in [0.5, 0.6) is 0 Å². The molecule has 3 fully saturated rings. The highest BCUT2D eigenvalue weighted by molar-refractivity contribution is 5.74. The highest BCUT2D eigenvalue weighted by Gasteiger charge is 2.43. The van der Waals surface area contributed by atoms with Crippen LogP contribution in [0.15, 0.2) is 53.2 Å². The molecule has 0 radical (unpaired) electrons. The normalized spacial score (nSPS) is 24.5. The Morgan fingerprint density at radius 3 is 2.51 bits per heavy atom. The number of likely N-dealkylation sites (tertiary alicyclic amines) is 2. The lowest BCUT2D eigenvalue weighted by atomic mass is 9.87. The largest absolute Gasteiger partial charge is 0.480 e. The molecule has 0 spiro atoms. The van der Waals surface area contributed by atoms with Crippen molar-refractivity contribution in [1.82, 2.24) is 20.1 Å². The first-order chi connectivity index (χ1) is 19.1. The molecule has 39 heavy (non-hydrogen) atoms. The van der Waals surface area contributed by atoms with Gasteiger partial charge in [0, 0.05) is 25.6 Å². The fraction of sp³-hybridized carbons (Fsp3) is 0.594. The standard InChI is InChI=1S/C32H42N4O3/c37-32(38)31(26-11-4-5-12-26)36-21-27(28(22-36)25-9-2-1-3-10-25)20-35-17-15-23(16-18-35)7-6-8-24-13-14-29-30(19-24)34-39-33-29/h1-3,9-10,13-14,19,23,26-28,31H,4-8,11-12,15-18,20-22H2,(H,37,38)/t27-,28+,31+/m0/s1. The van der Waals surface area contributed by atoms with Crippen molar-refractivity contribution in [2.75, 3.05) is 32.7 Å².